The van der Waals surface area contributed by atoms with Crippen LogP contribution in [0.5, 0.6) is 0 Å². The second kappa shape index (κ2) is 7.56. The number of methoxy groups -OCH3 is 1. The van der Waals surface area contributed by atoms with Gasteiger partial charge in [-0.1, -0.05) is 36.5 Å². The second-order valence-electron chi connectivity index (χ2n) is 3.91. The van der Waals surface area contributed by atoms with Crippen molar-refractivity contribution in [2.24, 2.45) is 0 Å². The molecule has 1 rings (SSSR count). The lowest BCUT2D eigenvalue weighted by Crippen LogP contribution is -2.38. The van der Waals surface area contributed by atoms with E-state index >= 15 is 0 Å². The molecule has 0 saturated carbocycles. The SMILES string of the molecule is CCCC(COC)NC(=O)c1cnc(Cl)c(Cl)c1. The molecule has 0 aliphatic carbocycles. The molecule has 1 amide bonds. The number of hydrogen-bond acceptors (Lipinski definition) is 3. The van der Waals surface area contributed by atoms with E-state index in [4.69, 9.17) is 27.9 Å². The molecule has 0 aliphatic heterocycles. The molecule has 0 saturated heterocycles. The highest BCUT2D eigenvalue weighted by atomic mass is 35.5. The van der Waals surface area contributed by atoms with Crippen LogP contribution in [0, 0.1) is 0 Å². The number of aromatic nitrogens is 1. The van der Waals surface area contributed by atoms with Crippen molar-refractivity contribution >= 4 is 29.1 Å². The van der Waals surface area contributed by atoms with Gasteiger partial charge in [0.15, 0.2) is 0 Å². The maximum Gasteiger partial charge on any atom is 0.253 e. The highest BCUT2D eigenvalue weighted by Crippen LogP contribution is 2.19. The average molecular weight is 291 g/mol. The van der Waals surface area contributed by atoms with E-state index in [1.54, 1.807) is 7.11 Å². The van der Waals surface area contributed by atoms with Gasteiger partial charge in [0.1, 0.15) is 5.15 Å². The van der Waals surface area contributed by atoms with Gasteiger partial charge < -0.3 is 10.1 Å². The quantitative estimate of drug-likeness (QED) is 0.820. The molecule has 1 atom stereocenters. The molecule has 0 aliphatic rings. The summed E-state index contributed by atoms with van der Waals surface area (Å²) < 4.78 is 5.06. The van der Waals surface area contributed by atoms with Crippen molar-refractivity contribution in [1.82, 2.24) is 10.3 Å². The molecule has 1 aromatic heterocycles. The topological polar surface area (TPSA) is 51.2 Å². The lowest BCUT2D eigenvalue weighted by Gasteiger charge is -2.17. The molecule has 1 N–H and O–H groups in total. The first-order chi connectivity index (χ1) is 8.58. The minimum atomic E-state index is -0.225. The fourth-order valence-electron chi connectivity index (χ4n) is 1.56. The summed E-state index contributed by atoms with van der Waals surface area (Å²) in [6.45, 7) is 2.53. The van der Waals surface area contributed by atoms with E-state index in [2.05, 4.69) is 17.2 Å². The van der Waals surface area contributed by atoms with Crippen LogP contribution < -0.4 is 5.32 Å². The predicted octanol–water partition coefficient (Wildman–Crippen LogP) is 2.93. The maximum atomic E-state index is 12.0. The minimum Gasteiger partial charge on any atom is -0.383 e. The molecule has 0 radical (unpaired) electrons. The number of carbonyl (C=O) groups is 1. The molecule has 18 heavy (non-hydrogen) atoms. The summed E-state index contributed by atoms with van der Waals surface area (Å²) in [6, 6.07) is 1.49. The molecular formula is C12H16Cl2N2O2. The first-order valence-corrected chi connectivity index (χ1v) is 6.45. The lowest BCUT2D eigenvalue weighted by molar-refractivity contribution is 0.0891. The monoisotopic (exact) mass is 290 g/mol. The van der Waals surface area contributed by atoms with Crippen molar-refractivity contribution in [3.8, 4) is 0 Å². The molecule has 0 aromatic carbocycles. The van der Waals surface area contributed by atoms with Crippen LogP contribution in [-0.4, -0.2) is 30.6 Å². The largest absolute Gasteiger partial charge is 0.383 e. The molecule has 0 bridgehead atoms. The Morgan fingerprint density at radius 1 is 1.56 bits per heavy atom. The van der Waals surface area contributed by atoms with Crippen LogP contribution in [0.1, 0.15) is 30.1 Å². The molecule has 1 unspecified atom stereocenters. The number of amides is 1. The smallest absolute Gasteiger partial charge is 0.253 e. The molecule has 1 heterocycles. The van der Waals surface area contributed by atoms with Gasteiger partial charge in [-0.3, -0.25) is 4.79 Å². The van der Waals surface area contributed by atoms with E-state index in [9.17, 15) is 4.79 Å². The first kappa shape index (κ1) is 15.2. The Morgan fingerprint density at radius 3 is 2.83 bits per heavy atom. The van der Waals surface area contributed by atoms with Crippen LogP contribution in [0.3, 0.4) is 0 Å². The average Bonchev–Trinajstić information content (AvgIpc) is 2.33. The minimum absolute atomic E-state index is 0.0121. The van der Waals surface area contributed by atoms with Gasteiger partial charge in [-0.15, -0.1) is 0 Å². The van der Waals surface area contributed by atoms with Gasteiger partial charge in [0.25, 0.3) is 5.91 Å². The van der Waals surface area contributed by atoms with Crippen LogP contribution >= 0.6 is 23.2 Å². The van der Waals surface area contributed by atoms with Gasteiger partial charge in [-0.2, -0.15) is 0 Å². The van der Waals surface area contributed by atoms with Crippen LogP contribution in [0.4, 0.5) is 0 Å². The fraction of sp³-hybridized carbons (Fsp3) is 0.500. The second-order valence-corrected chi connectivity index (χ2v) is 4.68. The van der Waals surface area contributed by atoms with Crippen molar-refractivity contribution in [2.75, 3.05) is 13.7 Å². The number of rotatable bonds is 6. The Bertz CT molecular complexity index is 407. The van der Waals surface area contributed by atoms with E-state index in [-0.39, 0.29) is 22.1 Å². The van der Waals surface area contributed by atoms with Gasteiger partial charge in [0, 0.05) is 13.3 Å². The maximum absolute atomic E-state index is 12.0. The Morgan fingerprint density at radius 2 is 2.28 bits per heavy atom. The fourth-order valence-corrected chi connectivity index (χ4v) is 1.83. The third kappa shape index (κ3) is 4.44. The van der Waals surface area contributed by atoms with Gasteiger partial charge in [-0.25, -0.2) is 4.98 Å². The Labute approximate surface area is 117 Å². The van der Waals surface area contributed by atoms with Crippen LogP contribution in [-0.2, 0) is 4.74 Å². The molecule has 0 fully saturated rings. The summed E-state index contributed by atoms with van der Waals surface area (Å²) in [4.78, 5) is 15.8. The highest BCUT2D eigenvalue weighted by Gasteiger charge is 2.14. The van der Waals surface area contributed by atoms with Crippen LogP contribution in [0.2, 0.25) is 10.2 Å². The number of carbonyl (C=O) groups excluding carboxylic acids is 1. The number of ether oxygens (including phenoxy) is 1. The van der Waals surface area contributed by atoms with Crippen molar-refractivity contribution in [3.63, 3.8) is 0 Å². The lowest BCUT2D eigenvalue weighted by atomic mass is 10.1. The van der Waals surface area contributed by atoms with E-state index < -0.39 is 0 Å². The summed E-state index contributed by atoms with van der Waals surface area (Å²) in [5, 5.41) is 3.33. The predicted molar refractivity (Wildman–Crippen MR) is 72.3 cm³/mol. The zero-order valence-corrected chi connectivity index (χ0v) is 11.9. The number of halogens is 2. The van der Waals surface area contributed by atoms with Crippen molar-refractivity contribution < 1.29 is 9.53 Å². The summed E-state index contributed by atoms with van der Waals surface area (Å²) in [5.41, 5.74) is 0.390. The van der Waals surface area contributed by atoms with Gasteiger partial charge in [0.05, 0.1) is 23.2 Å². The zero-order valence-electron chi connectivity index (χ0n) is 10.4. The van der Waals surface area contributed by atoms with E-state index in [1.807, 2.05) is 0 Å². The van der Waals surface area contributed by atoms with Crippen molar-refractivity contribution in [3.05, 3.63) is 28.0 Å². The first-order valence-electron chi connectivity index (χ1n) is 5.69. The summed E-state index contributed by atoms with van der Waals surface area (Å²) in [7, 11) is 1.61. The summed E-state index contributed by atoms with van der Waals surface area (Å²) in [6.07, 6.45) is 3.22. The number of hydrogen-bond donors (Lipinski definition) is 1. The third-order valence-electron chi connectivity index (χ3n) is 2.40. The summed E-state index contributed by atoms with van der Waals surface area (Å²) in [5.74, 6) is -0.225. The Hall–Kier alpha value is -0.840. The van der Waals surface area contributed by atoms with Crippen LogP contribution in [0.15, 0.2) is 12.3 Å². The Kier molecular flexibility index (Phi) is 6.39. The molecule has 0 spiro atoms. The third-order valence-corrected chi connectivity index (χ3v) is 3.08. The highest BCUT2D eigenvalue weighted by molar-refractivity contribution is 6.41. The molecule has 100 valence electrons. The van der Waals surface area contributed by atoms with Crippen molar-refractivity contribution in [1.29, 1.82) is 0 Å². The molecule has 4 nitrogen and oxygen atoms in total. The number of nitrogens with one attached hydrogen (secondary N) is 1. The summed E-state index contributed by atoms with van der Waals surface area (Å²) >= 11 is 11.5. The van der Waals surface area contributed by atoms with E-state index in [0.29, 0.717) is 12.2 Å². The molecule has 1 aromatic rings. The van der Waals surface area contributed by atoms with E-state index in [0.717, 1.165) is 12.8 Å². The van der Waals surface area contributed by atoms with Gasteiger partial charge in [0.2, 0.25) is 0 Å². The standard InChI is InChI=1S/C12H16Cl2N2O2/c1-3-4-9(7-18-2)16-12(17)8-5-10(13)11(14)15-6-8/h5-6,9H,3-4,7H2,1-2H3,(H,16,17). The van der Waals surface area contributed by atoms with Gasteiger partial charge in [-0.05, 0) is 12.5 Å². The Balaban J connectivity index is 2.70. The number of pyridine rings is 1. The normalized spacial score (nSPS) is 12.2. The van der Waals surface area contributed by atoms with E-state index in [1.165, 1.54) is 12.3 Å². The molecule has 6 heteroatoms. The van der Waals surface area contributed by atoms with Crippen LogP contribution in [0.25, 0.3) is 0 Å². The van der Waals surface area contributed by atoms with Crippen molar-refractivity contribution in [2.45, 2.75) is 25.8 Å². The zero-order chi connectivity index (χ0) is 13.5. The molecular weight excluding hydrogens is 275 g/mol. The van der Waals surface area contributed by atoms with Gasteiger partial charge >= 0.3 is 0 Å². The number of nitrogens with zero attached hydrogens (tertiary/aromatic N) is 1.